The Hall–Kier alpha value is -1.91. The Morgan fingerprint density at radius 2 is 2.00 bits per heavy atom. The van der Waals surface area contributed by atoms with E-state index < -0.39 is 5.41 Å². The average molecular weight is 247 g/mol. The van der Waals surface area contributed by atoms with Gasteiger partial charge in [0, 0.05) is 17.8 Å². The molecule has 0 spiro atoms. The maximum atomic E-state index is 12.2. The van der Waals surface area contributed by atoms with Crippen LogP contribution in [0.25, 0.3) is 5.52 Å². The van der Waals surface area contributed by atoms with E-state index in [0.717, 1.165) is 5.69 Å². The lowest BCUT2D eigenvalue weighted by atomic mass is 9.91. The van der Waals surface area contributed by atoms with Gasteiger partial charge < -0.3 is 4.57 Å². The summed E-state index contributed by atoms with van der Waals surface area (Å²) in [6.07, 6.45) is 3.30. The van der Waals surface area contributed by atoms with Crippen LogP contribution in [-0.4, -0.2) is 20.0 Å². The van der Waals surface area contributed by atoms with E-state index in [1.807, 2.05) is 27.7 Å². The second-order valence-electron chi connectivity index (χ2n) is 5.52. The van der Waals surface area contributed by atoms with Crippen molar-refractivity contribution in [2.75, 3.05) is 0 Å². The molecule has 0 aromatic carbocycles. The molecule has 0 fully saturated rings. The highest BCUT2D eigenvalue weighted by molar-refractivity contribution is 5.83. The molecule has 0 saturated heterocycles. The van der Waals surface area contributed by atoms with Crippen LogP contribution >= 0.6 is 0 Å². The van der Waals surface area contributed by atoms with Gasteiger partial charge in [-0.15, -0.1) is 0 Å². The van der Waals surface area contributed by atoms with Crippen molar-refractivity contribution in [3.63, 3.8) is 0 Å². The van der Waals surface area contributed by atoms with Crippen molar-refractivity contribution in [3.8, 4) is 0 Å². The van der Waals surface area contributed by atoms with Crippen LogP contribution in [0.5, 0.6) is 0 Å². The molecule has 2 rings (SSSR count). The number of ketones is 1. The summed E-state index contributed by atoms with van der Waals surface area (Å²) < 4.78 is 2.97. The Balaban J connectivity index is 2.44. The minimum atomic E-state index is -0.443. The average Bonchev–Trinajstić information content (AvgIpc) is 2.62. The zero-order valence-electron chi connectivity index (χ0n) is 11.1. The molecule has 2 heterocycles. The predicted molar refractivity (Wildman–Crippen MR) is 68.7 cm³/mol. The fourth-order valence-electron chi connectivity index (χ4n) is 1.66. The number of aryl methyl sites for hydroxylation is 1. The third-order valence-corrected chi connectivity index (χ3v) is 2.88. The third-order valence-electron chi connectivity index (χ3n) is 2.88. The molecule has 5 heteroatoms. The number of rotatable bonds is 2. The lowest BCUT2D eigenvalue weighted by Gasteiger charge is -2.17. The number of aromatic nitrogens is 3. The summed E-state index contributed by atoms with van der Waals surface area (Å²) in [7, 11) is 0. The van der Waals surface area contributed by atoms with Crippen molar-refractivity contribution < 1.29 is 4.79 Å². The maximum Gasteiger partial charge on any atom is 0.276 e. The summed E-state index contributed by atoms with van der Waals surface area (Å²) >= 11 is 0. The molecule has 96 valence electrons. The Morgan fingerprint density at radius 1 is 1.33 bits per heavy atom. The zero-order chi connectivity index (χ0) is 13.5. The van der Waals surface area contributed by atoms with Crippen molar-refractivity contribution in [1.29, 1.82) is 0 Å². The SMILES string of the molecule is Cc1cc2c(=O)n(CC(=O)C(C)(C)C)ccn2n1. The molecule has 0 aliphatic rings. The van der Waals surface area contributed by atoms with Gasteiger partial charge in [0.15, 0.2) is 5.78 Å². The van der Waals surface area contributed by atoms with Crippen molar-refractivity contribution >= 4 is 11.3 Å². The van der Waals surface area contributed by atoms with Crippen molar-refractivity contribution in [2.24, 2.45) is 5.41 Å². The number of carbonyl (C=O) groups excluding carboxylic acids is 1. The van der Waals surface area contributed by atoms with Crippen LogP contribution in [0.3, 0.4) is 0 Å². The summed E-state index contributed by atoms with van der Waals surface area (Å²) in [5, 5.41) is 4.16. The Kier molecular flexibility index (Phi) is 2.84. The molecule has 0 unspecified atom stereocenters. The van der Waals surface area contributed by atoms with Gasteiger partial charge in [-0.3, -0.25) is 9.59 Å². The largest absolute Gasteiger partial charge is 0.305 e. The Labute approximate surface area is 105 Å². The van der Waals surface area contributed by atoms with E-state index >= 15 is 0 Å². The summed E-state index contributed by atoms with van der Waals surface area (Å²) in [6, 6.07) is 1.72. The smallest absolute Gasteiger partial charge is 0.276 e. The van der Waals surface area contributed by atoms with Crippen LogP contribution < -0.4 is 5.56 Å². The molecular formula is C13H17N3O2. The van der Waals surface area contributed by atoms with Gasteiger partial charge in [-0.25, -0.2) is 4.52 Å². The number of nitrogens with zero attached hydrogens (tertiary/aromatic N) is 3. The molecule has 0 N–H and O–H groups in total. The Morgan fingerprint density at radius 3 is 2.61 bits per heavy atom. The van der Waals surface area contributed by atoms with Crippen LogP contribution in [0.1, 0.15) is 26.5 Å². The first-order valence-corrected chi connectivity index (χ1v) is 5.88. The van der Waals surface area contributed by atoms with Crippen molar-refractivity contribution in [2.45, 2.75) is 34.2 Å². The first-order chi connectivity index (χ1) is 8.29. The summed E-state index contributed by atoms with van der Waals surface area (Å²) in [5.41, 5.74) is 0.654. The van der Waals surface area contributed by atoms with Crippen molar-refractivity contribution in [1.82, 2.24) is 14.2 Å². The third kappa shape index (κ3) is 2.20. The predicted octanol–water partition coefficient (Wildman–Crippen LogP) is 1.42. The molecule has 0 atom stereocenters. The molecule has 2 aromatic heterocycles. The molecule has 2 aromatic rings. The van der Waals surface area contributed by atoms with Gasteiger partial charge >= 0.3 is 0 Å². The fourth-order valence-corrected chi connectivity index (χ4v) is 1.66. The van der Waals surface area contributed by atoms with E-state index in [2.05, 4.69) is 5.10 Å². The number of hydrogen-bond donors (Lipinski definition) is 0. The molecule has 0 radical (unpaired) electrons. The quantitative estimate of drug-likeness (QED) is 0.806. The molecule has 0 saturated carbocycles. The summed E-state index contributed by atoms with van der Waals surface area (Å²) in [5.74, 6) is 0.0326. The molecule has 5 nitrogen and oxygen atoms in total. The van der Waals surface area contributed by atoms with Crippen LogP contribution in [0.2, 0.25) is 0 Å². The van der Waals surface area contributed by atoms with Gasteiger partial charge in [-0.05, 0) is 13.0 Å². The van der Waals surface area contributed by atoms with Gasteiger partial charge in [-0.1, -0.05) is 20.8 Å². The molecule has 0 bridgehead atoms. The van der Waals surface area contributed by atoms with Gasteiger partial charge in [0.25, 0.3) is 5.56 Å². The fraction of sp³-hybridized carbons (Fsp3) is 0.462. The van der Waals surface area contributed by atoms with E-state index in [4.69, 9.17) is 0 Å². The van der Waals surface area contributed by atoms with E-state index in [1.165, 1.54) is 9.08 Å². The van der Waals surface area contributed by atoms with Crippen LogP contribution in [0.15, 0.2) is 23.3 Å². The normalized spacial score (nSPS) is 12.0. The lowest BCUT2D eigenvalue weighted by molar-refractivity contribution is -0.126. The summed E-state index contributed by atoms with van der Waals surface area (Å²) in [4.78, 5) is 24.1. The van der Waals surface area contributed by atoms with Gasteiger partial charge in [-0.2, -0.15) is 5.10 Å². The molecule has 0 amide bonds. The Bertz CT molecular complexity index is 659. The van der Waals surface area contributed by atoms with Crippen molar-refractivity contribution in [3.05, 3.63) is 34.5 Å². The minimum Gasteiger partial charge on any atom is -0.305 e. The first-order valence-electron chi connectivity index (χ1n) is 5.88. The molecule has 0 aliphatic carbocycles. The van der Waals surface area contributed by atoms with E-state index in [1.54, 1.807) is 18.5 Å². The number of Topliss-reactive ketones (excluding diaryl/α,β-unsaturated/α-hetero) is 1. The van der Waals surface area contributed by atoms with Crippen LogP contribution in [-0.2, 0) is 11.3 Å². The first kappa shape index (κ1) is 12.5. The van der Waals surface area contributed by atoms with Crippen LogP contribution in [0.4, 0.5) is 0 Å². The number of fused-ring (bicyclic) bond motifs is 1. The van der Waals surface area contributed by atoms with Gasteiger partial charge in [0.05, 0.1) is 12.2 Å². The lowest BCUT2D eigenvalue weighted by Crippen LogP contribution is -2.31. The van der Waals surface area contributed by atoms with Gasteiger partial charge in [0.1, 0.15) is 5.52 Å². The highest BCUT2D eigenvalue weighted by Crippen LogP contribution is 2.15. The second kappa shape index (κ2) is 4.08. The van der Waals surface area contributed by atoms with E-state index in [0.29, 0.717) is 5.52 Å². The molecular weight excluding hydrogens is 230 g/mol. The van der Waals surface area contributed by atoms with E-state index in [9.17, 15) is 9.59 Å². The summed E-state index contributed by atoms with van der Waals surface area (Å²) in [6.45, 7) is 7.48. The second-order valence-corrected chi connectivity index (χ2v) is 5.52. The zero-order valence-corrected chi connectivity index (χ0v) is 11.1. The standard InChI is InChI=1S/C13H17N3O2/c1-9-7-10-12(18)15(5-6-16(10)14-9)8-11(17)13(2,3)4/h5-7H,8H2,1-4H3. The highest BCUT2D eigenvalue weighted by Gasteiger charge is 2.21. The monoisotopic (exact) mass is 247 g/mol. The maximum absolute atomic E-state index is 12.2. The van der Waals surface area contributed by atoms with E-state index in [-0.39, 0.29) is 17.9 Å². The number of carbonyl (C=O) groups is 1. The number of hydrogen-bond acceptors (Lipinski definition) is 3. The van der Waals surface area contributed by atoms with Crippen LogP contribution in [0, 0.1) is 12.3 Å². The highest BCUT2D eigenvalue weighted by atomic mass is 16.1. The van der Waals surface area contributed by atoms with Gasteiger partial charge in [0.2, 0.25) is 0 Å². The molecule has 0 aliphatic heterocycles. The minimum absolute atomic E-state index is 0.0326. The topological polar surface area (TPSA) is 56.4 Å². The molecule has 18 heavy (non-hydrogen) atoms.